The molecule has 1 atom stereocenters. The molecule has 2 aliphatic heterocycles. The molecule has 1 N–H and O–H groups in total. The van der Waals surface area contributed by atoms with Crippen molar-refractivity contribution in [3.8, 4) is 11.5 Å². The van der Waals surface area contributed by atoms with Gasteiger partial charge in [0.25, 0.3) is 0 Å². The number of halogens is 1. The molecule has 182 valence electrons. The molecule has 1 fully saturated rings. The van der Waals surface area contributed by atoms with Crippen molar-refractivity contribution in [3.63, 3.8) is 0 Å². The Kier molecular flexibility index (Phi) is 7.44. The lowest BCUT2D eigenvalue weighted by molar-refractivity contribution is 0.115. The monoisotopic (exact) mass is 490 g/mol. The number of nitrogens with one attached hydrogen (secondary N) is 1. The van der Waals surface area contributed by atoms with Crippen LogP contribution in [0.1, 0.15) is 17.5 Å². The van der Waals surface area contributed by atoms with Crippen LogP contribution in [0.4, 0.5) is 19.7 Å². The maximum absolute atomic E-state index is 15.2. The van der Waals surface area contributed by atoms with Crippen LogP contribution in [0.15, 0.2) is 36.4 Å². The summed E-state index contributed by atoms with van der Waals surface area (Å²) in [6, 6.07) is 9.91. The van der Waals surface area contributed by atoms with Crippen LogP contribution in [0.25, 0.3) is 0 Å². The number of carbonyl (C=O) groups is 2. The van der Waals surface area contributed by atoms with Gasteiger partial charge in [-0.15, -0.1) is 0 Å². The van der Waals surface area contributed by atoms with Crippen LogP contribution in [-0.2, 0) is 17.8 Å². The zero-order chi connectivity index (χ0) is 24.2. The summed E-state index contributed by atoms with van der Waals surface area (Å²) in [5, 5.41) is 0. The second kappa shape index (κ2) is 10.5. The maximum atomic E-state index is 15.2. The van der Waals surface area contributed by atoms with Crippen LogP contribution in [0.2, 0.25) is 0 Å². The quantitative estimate of drug-likeness (QED) is 0.581. The molecule has 2 heterocycles. The molecule has 1 saturated heterocycles. The van der Waals surface area contributed by atoms with Crippen LogP contribution < -0.4 is 14.2 Å². The average Bonchev–Trinajstić information content (AvgIpc) is 3.28. The third kappa shape index (κ3) is 5.54. The van der Waals surface area contributed by atoms with Gasteiger partial charge in [0.15, 0.2) is 5.82 Å². The van der Waals surface area contributed by atoms with Crippen molar-refractivity contribution in [1.82, 2.24) is 14.1 Å². The molecule has 0 saturated carbocycles. The number of benzene rings is 2. The first-order chi connectivity index (χ1) is 16.3. The minimum Gasteiger partial charge on any atom is -0.410 e. The first kappa shape index (κ1) is 24.1. The molecule has 2 amide bonds. The van der Waals surface area contributed by atoms with E-state index >= 15 is 4.39 Å². The van der Waals surface area contributed by atoms with Crippen LogP contribution in [-0.4, -0.2) is 66.7 Å². The van der Waals surface area contributed by atoms with Gasteiger partial charge in [-0.1, -0.05) is 12.1 Å². The van der Waals surface area contributed by atoms with E-state index in [1.54, 1.807) is 51.5 Å². The van der Waals surface area contributed by atoms with Gasteiger partial charge in [0, 0.05) is 63.6 Å². The van der Waals surface area contributed by atoms with Gasteiger partial charge in [0.2, 0.25) is 0 Å². The molecule has 0 aromatic heterocycles. The topological polar surface area (TPSA) is 83.6 Å². The first-order valence-electron chi connectivity index (χ1n) is 10.8. The van der Waals surface area contributed by atoms with Crippen molar-refractivity contribution in [3.05, 3.63) is 53.3 Å². The molecule has 1 unspecified atom stereocenters. The van der Waals surface area contributed by atoms with E-state index < -0.39 is 18.0 Å². The first-order valence-corrected chi connectivity index (χ1v) is 11.6. The summed E-state index contributed by atoms with van der Waals surface area (Å²) in [5.41, 5.74) is 1.46. The molecule has 11 heteroatoms. The SMILES string of the molecule is COC1CCN(SNc2cccc(CN3Cc4ccc(OC(=O)N(C)C)cc4OC3=O)c2F)C1. The molecular weight excluding hydrogens is 463 g/mol. The van der Waals surface area contributed by atoms with Crippen LogP contribution in [0.5, 0.6) is 11.5 Å². The minimum absolute atomic E-state index is 0.0527. The predicted molar refractivity (Wildman–Crippen MR) is 126 cm³/mol. The molecule has 0 aliphatic carbocycles. The van der Waals surface area contributed by atoms with Gasteiger partial charge in [0.1, 0.15) is 11.5 Å². The number of anilines is 1. The summed E-state index contributed by atoms with van der Waals surface area (Å²) < 4.78 is 36.3. The fourth-order valence-corrected chi connectivity index (χ4v) is 4.46. The van der Waals surface area contributed by atoms with Crippen molar-refractivity contribution in [1.29, 1.82) is 0 Å². The Balaban J connectivity index is 1.40. The third-order valence-electron chi connectivity index (χ3n) is 5.59. The van der Waals surface area contributed by atoms with Gasteiger partial charge in [-0.2, -0.15) is 0 Å². The van der Waals surface area contributed by atoms with Gasteiger partial charge >= 0.3 is 12.2 Å². The smallest absolute Gasteiger partial charge is 0.410 e. The Morgan fingerprint density at radius 3 is 2.88 bits per heavy atom. The average molecular weight is 491 g/mol. The number of nitrogens with zero attached hydrogens (tertiary/aromatic N) is 3. The third-order valence-corrected chi connectivity index (χ3v) is 6.49. The zero-order valence-corrected chi connectivity index (χ0v) is 20.1. The van der Waals surface area contributed by atoms with E-state index in [9.17, 15) is 9.59 Å². The fraction of sp³-hybridized carbons (Fsp3) is 0.391. The minimum atomic E-state index is -0.599. The summed E-state index contributed by atoms with van der Waals surface area (Å²) in [5.74, 6) is 0.176. The highest BCUT2D eigenvalue weighted by molar-refractivity contribution is 7.98. The van der Waals surface area contributed by atoms with E-state index in [1.165, 1.54) is 28.0 Å². The van der Waals surface area contributed by atoms with E-state index in [1.807, 2.05) is 0 Å². The lowest BCUT2D eigenvalue weighted by atomic mass is 10.1. The molecule has 34 heavy (non-hydrogen) atoms. The molecule has 9 nitrogen and oxygen atoms in total. The Hall–Kier alpha value is -3.02. The molecule has 0 spiro atoms. The number of fused-ring (bicyclic) bond motifs is 1. The zero-order valence-electron chi connectivity index (χ0n) is 19.2. The van der Waals surface area contributed by atoms with Gasteiger partial charge in [-0.3, -0.25) is 4.90 Å². The number of ether oxygens (including phenoxy) is 3. The summed E-state index contributed by atoms with van der Waals surface area (Å²) in [4.78, 5) is 27.1. The highest BCUT2D eigenvalue weighted by Crippen LogP contribution is 2.32. The van der Waals surface area contributed by atoms with E-state index in [4.69, 9.17) is 14.2 Å². The lowest BCUT2D eigenvalue weighted by Gasteiger charge is -2.28. The molecule has 2 aromatic carbocycles. The summed E-state index contributed by atoms with van der Waals surface area (Å²) in [6.45, 7) is 1.92. The Labute approximate surface area is 202 Å². The number of rotatable bonds is 7. The maximum Gasteiger partial charge on any atom is 0.415 e. The molecule has 0 radical (unpaired) electrons. The Morgan fingerprint density at radius 2 is 2.15 bits per heavy atom. The number of hydrogen-bond donors (Lipinski definition) is 1. The van der Waals surface area contributed by atoms with Crippen LogP contribution in [0, 0.1) is 5.82 Å². The van der Waals surface area contributed by atoms with Crippen molar-refractivity contribution in [2.75, 3.05) is 39.0 Å². The Bertz CT molecular complexity index is 1070. The normalized spacial score (nSPS) is 17.8. The van der Waals surface area contributed by atoms with E-state index in [0.29, 0.717) is 17.0 Å². The second-order valence-electron chi connectivity index (χ2n) is 8.26. The highest BCUT2D eigenvalue weighted by atomic mass is 32.2. The van der Waals surface area contributed by atoms with Crippen LogP contribution >= 0.6 is 12.1 Å². The summed E-state index contributed by atoms with van der Waals surface area (Å²) in [6.07, 6.45) is -0.00619. The second-order valence-corrected chi connectivity index (χ2v) is 9.17. The van der Waals surface area contributed by atoms with Crippen molar-refractivity contribution >= 4 is 30.0 Å². The molecular formula is C23H27FN4O5S. The van der Waals surface area contributed by atoms with E-state index in [0.717, 1.165) is 25.1 Å². The Morgan fingerprint density at radius 1 is 1.32 bits per heavy atom. The number of methoxy groups -OCH3 is 1. The number of amides is 2. The van der Waals surface area contributed by atoms with Crippen molar-refractivity contribution in [2.45, 2.75) is 25.6 Å². The lowest BCUT2D eigenvalue weighted by Crippen LogP contribution is -2.36. The molecule has 2 aliphatic rings. The van der Waals surface area contributed by atoms with Gasteiger partial charge in [-0.25, -0.2) is 18.3 Å². The fourth-order valence-electron chi connectivity index (χ4n) is 3.64. The van der Waals surface area contributed by atoms with Gasteiger partial charge < -0.3 is 23.8 Å². The van der Waals surface area contributed by atoms with Gasteiger partial charge in [-0.05, 0) is 24.6 Å². The van der Waals surface area contributed by atoms with Crippen molar-refractivity contribution < 1.29 is 28.2 Å². The van der Waals surface area contributed by atoms with E-state index in [2.05, 4.69) is 9.03 Å². The summed E-state index contributed by atoms with van der Waals surface area (Å²) in [7, 11) is 4.84. The van der Waals surface area contributed by atoms with Gasteiger partial charge in [0.05, 0.1) is 24.9 Å². The van der Waals surface area contributed by atoms with Crippen molar-refractivity contribution in [2.24, 2.45) is 0 Å². The predicted octanol–water partition coefficient (Wildman–Crippen LogP) is 4.10. The molecule has 0 bridgehead atoms. The van der Waals surface area contributed by atoms with E-state index in [-0.39, 0.29) is 24.9 Å². The highest BCUT2D eigenvalue weighted by Gasteiger charge is 2.27. The standard InChI is InChI=1S/C23H27FN4O5S/c1-26(2)22(29)32-17-8-7-15-12-27(23(30)33-20(15)11-17)13-16-5-4-6-19(21(16)24)25-34-28-10-9-18(14-28)31-3/h4-8,11,18,25H,9-10,12-14H2,1-3H3. The number of carbonyl (C=O) groups excluding carboxylic acids is 2. The molecule has 2 aromatic rings. The largest absolute Gasteiger partial charge is 0.415 e. The number of hydrogen-bond acceptors (Lipinski definition) is 8. The molecule has 4 rings (SSSR count). The summed E-state index contributed by atoms with van der Waals surface area (Å²) >= 11 is 1.34. The van der Waals surface area contributed by atoms with Crippen LogP contribution in [0.3, 0.4) is 0 Å².